The molecule has 0 unspecified atom stereocenters. The number of allylic oxidation sites excluding steroid dienone is 2. The minimum atomic E-state index is 0.862. The van der Waals surface area contributed by atoms with Crippen molar-refractivity contribution in [3.8, 4) is 0 Å². The van der Waals surface area contributed by atoms with Gasteiger partial charge >= 0.3 is 0 Å². The van der Waals surface area contributed by atoms with E-state index >= 15 is 0 Å². The van der Waals surface area contributed by atoms with Gasteiger partial charge in [-0.05, 0) is 44.6 Å². The Kier molecular flexibility index (Phi) is 18.5. The van der Waals surface area contributed by atoms with Gasteiger partial charge in [0.15, 0.2) is 0 Å². The minimum Gasteiger partial charge on any atom is -0.330 e. The summed E-state index contributed by atoms with van der Waals surface area (Å²) in [6, 6.07) is 0. The van der Waals surface area contributed by atoms with Gasteiger partial charge in [-0.2, -0.15) is 0 Å². The van der Waals surface area contributed by atoms with E-state index in [2.05, 4.69) is 26.0 Å². The molecule has 0 aromatic heterocycles. The van der Waals surface area contributed by atoms with Crippen LogP contribution in [-0.2, 0) is 0 Å². The van der Waals surface area contributed by atoms with Crippen LogP contribution in [0.3, 0.4) is 0 Å². The zero-order valence-electron chi connectivity index (χ0n) is 15.6. The zero-order valence-corrected chi connectivity index (χ0v) is 15.6. The van der Waals surface area contributed by atoms with Crippen molar-refractivity contribution < 1.29 is 0 Å². The van der Waals surface area contributed by atoms with Gasteiger partial charge in [-0.1, -0.05) is 90.2 Å². The van der Waals surface area contributed by atoms with Gasteiger partial charge in [0.2, 0.25) is 0 Å². The van der Waals surface area contributed by atoms with Crippen LogP contribution in [0.25, 0.3) is 0 Å². The van der Waals surface area contributed by atoms with E-state index in [4.69, 9.17) is 5.73 Å². The van der Waals surface area contributed by atoms with Crippen molar-refractivity contribution in [3.63, 3.8) is 0 Å². The van der Waals surface area contributed by atoms with Crippen LogP contribution in [-0.4, -0.2) is 6.54 Å². The van der Waals surface area contributed by atoms with E-state index in [0.29, 0.717) is 0 Å². The van der Waals surface area contributed by atoms with Crippen molar-refractivity contribution in [1.82, 2.24) is 0 Å². The molecule has 0 aromatic rings. The maximum absolute atomic E-state index is 5.49. The topological polar surface area (TPSA) is 26.0 Å². The van der Waals surface area contributed by atoms with Gasteiger partial charge in [-0.15, -0.1) is 0 Å². The molecule has 0 atom stereocenters. The molecule has 0 aliphatic carbocycles. The molecule has 0 saturated heterocycles. The molecule has 0 aromatic carbocycles. The Morgan fingerprint density at radius 3 is 1.45 bits per heavy atom. The Morgan fingerprint density at radius 2 is 1.00 bits per heavy atom. The third kappa shape index (κ3) is 19.7. The highest BCUT2D eigenvalue weighted by Crippen LogP contribution is 2.12. The second-order valence-corrected chi connectivity index (χ2v) is 7.26. The summed E-state index contributed by atoms with van der Waals surface area (Å²) < 4.78 is 0. The quantitative estimate of drug-likeness (QED) is 0.227. The lowest BCUT2D eigenvalue weighted by Gasteiger charge is -2.03. The molecule has 132 valence electrons. The molecule has 1 nitrogen and oxygen atoms in total. The Morgan fingerprint density at radius 1 is 0.591 bits per heavy atom. The molecule has 0 aliphatic rings. The molecule has 0 bridgehead atoms. The zero-order chi connectivity index (χ0) is 16.3. The molecule has 0 saturated carbocycles. The summed E-state index contributed by atoms with van der Waals surface area (Å²) in [5, 5.41) is 0. The van der Waals surface area contributed by atoms with E-state index in [1.165, 1.54) is 96.3 Å². The van der Waals surface area contributed by atoms with Crippen LogP contribution < -0.4 is 5.73 Å². The standard InChI is InChI=1S/C21H43N/c1-21(2)19-17-15-13-11-9-7-5-3-4-6-8-10-12-14-16-18-20-22/h3-4,21H,5-20,22H2,1-2H3. The lowest BCUT2D eigenvalue weighted by molar-refractivity contribution is 0.512. The summed E-state index contributed by atoms with van der Waals surface area (Å²) in [4.78, 5) is 0. The Hall–Kier alpha value is -0.300. The second kappa shape index (κ2) is 18.7. The highest BCUT2D eigenvalue weighted by atomic mass is 14.5. The molecule has 0 heterocycles. The van der Waals surface area contributed by atoms with E-state index in [1.807, 2.05) is 0 Å². The molecule has 0 aliphatic heterocycles. The third-order valence-electron chi connectivity index (χ3n) is 4.39. The van der Waals surface area contributed by atoms with E-state index in [0.717, 1.165) is 12.5 Å². The highest BCUT2D eigenvalue weighted by molar-refractivity contribution is 4.81. The van der Waals surface area contributed by atoms with Crippen molar-refractivity contribution >= 4 is 0 Å². The molecular formula is C21H43N. The summed E-state index contributed by atoms with van der Waals surface area (Å²) in [5.74, 6) is 0.885. The highest BCUT2D eigenvalue weighted by Gasteiger charge is 1.94. The van der Waals surface area contributed by atoms with Gasteiger partial charge in [-0.25, -0.2) is 0 Å². The average molecular weight is 310 g/mol. The van der Waals surface area contributed by atoms with Gasteiger partial charge in [0.1, 0.15) is 0 Å². The normalized spacial score (nSPS) is 11.8. The first kappa shape index (κ1) is 21.7. The monoisotopic (exact) mass is 309 g/mol. The molecule has 1 heteroatoms. The first-order valence-electron chi connectivity index (χ1n) is 10.1. The van der Waals surface area contributed by atoms with Crippen LogP contribution in [0.5, 0.6) is 0 Å². The smallest absolute Gasteiger partial charge is 0.00773 e. The van der Waals surface area contributed by atoms with E-state index in [1.54, 1.807) is 0 Å². The van der Waals surface area contributed by atoms with Gasteiger partial charge < -0.3 is 5.73 Å². The van der Waals surface area contributed by atoms with Crippen molar-refractivity contribution in [2.45, 2.75) is 110 Å². The van der Waals surface area contributed by atoms with Crippen LogP contribution in [0.1, 0.15) is 110 Å². The van der Waals surface area contributed by atoms with Crippen LogP contribution >= 0.6 is 0 Å². The molecule has 0 fully saturated rings. The maximum atomic E-state index is 5.49. The Balaban J connectivity index is 3.05. The van der Waals surface area contributed by atoms with Gasteiger partial charge in [0.05, 0.1) is 0 Å². The summed E-state index contributed by atoms with van der Waals surface area (Å²) >= 11 is 0. The predicted octanol–water partition coefficient (Wildman–Crippen LogP) is 7.01. The molecule has 0 rings (SSSR count). The molecule has 2 N–H and O–H groups in total. The van der Waals surface area contributed by atoms with E-state index < -0.39 is 0 Å². The molecule has 22 heavy (non-hydrogen) atoms. The lowest BCUT2D eigenvalue weighted by Crippen LogP contribution is -1.97. The minimum absolute atomic E-state index is 0.862. The summed E-state index contributed by atoms with van der Waals surface area (Å²) in [6.45, 7) is 5.52. The molecular weight excluding hydrogens is 266 g/mol. The number of rotatable bonds is 17. The fourth-order valence-electron chi connectivity index (χ4n) is 2.87. The van der Waals surface area contributed by atoms with Crippen LogP contribution in [0.4, 0.5) is 0 Å². The Labute approximate surface area is 141 Å². The number of unbranched alkanes of at least 4 members (excludes halogenated alkanes) is 12. The van der Waals surface area contributed by atoms with Crippen molar-refractivity contribution in [2.24, 2.45) is 11.7 Å². The predicted molar refractivity (Wildman–Crippen MR) is 102 cm³/mol. The van der Waals surface area contributed by atoms with Crippen molar-refractivity contribution in [3.05, 3.63) is 12.2 Å². The molecule has 0 radical (unpaired) electrons. The van der Waals surface area contributed by atoms with Crippen LogP contribution in [0, 0.1) is 5.92 Å². The number of nitrogens with two attached hydrogens (primary N) is 1. The summed E-state index contributed by atoms with van der Waals surface area (Å²) in [5.41, 5.74) is 5.49. The van der Waals surface area contributed by atoms with Crippen LogP contribution in [0.15, 0.2) is 12.2 Å². The van der Waals surface area contributed by atoms with Gasteiger partial charge in [0.25, 0.3) is 0 Å². The number of hydrogen-bond acceptors (Lipinski definition) is 1. The van der Waals surface area contributed by atoms with Gasteiger partial charge in [-0.3, -0.25) is 0 Å². The fraction of sp³-hybridized carbons (Fsp3) is 0.905. The largest absolute Gasteiger partial charge is 0.330 e. The fourth-order valence-corrected chi connectivity index (χ4v) is 2.87. The first-order valence-corrected chi connectivity index (χ1v) is 10.1. The van der Waals surface area contributed by atoms with Crippen molar-refractivity contribution in [1.29, 1.82) is 0 Å². The van der Waals surface area contributed by atoms with E-state index in [-0.39, 0.29) is 0 Å². The second-order valence-electron chi connectivity index (χ2n) is 7.26. The average Bonchev–Trinajstić information content (AvgIpc) is 2.50. The summed E-state index contributed by atoms with van der Waals surface area (Å²) in [7, 11) is 0. The SMILES string of the molecule is CC(C)CCCCCCCCC=CCCCCCCCCN. The first-order chi connectivity index (χ1) is 10.8. The van der Waals surface area contributed by atoms with Crippen LogP contribution in [0.2, 0.25) is 0 Å². The number of hydrogen-bond donors (Lipinski definition) is 1. The lowest BCUT2D eigenvalue weighted by atomic mass is 10.0. The van der Waals surface area contributed by atoms with Gasteiger partial charge in [0, 0.05) is 0 Å². The molecule has 0 spiro atoms. The van der Waals surface area contributed by atoms with E-state index in [9.17, 15) is 0 Å². The summed E-state index contributed by atoms with van der Waals surface area (Å²) in [6.07, 6.45) is 25.4. The Bertz CT molecular complexity index is 220. The molecule has 0 amide bonds. The van der Waals surface area contributed by atoms with Crippen molar-refractivity contribution in [2.75, 3.05) is 6.54 Å². The maximum Gasteiger partial charge on any atom is -0.00773 e. The third-order valence-corrected chi connectivity index (χ3v) is 4.39.